The molecule has 2 atom stereocenters. The normalized spacial score (nSPS) is 15.9. The number of hydrogen-bond donors (Lipinski definition) is 0. The van der Waals surface area contributed by atoms with Gasteiger partial charge in [-0.15, -0.1) is 12.4 Å². The quantitative estimate of drug-likeness (QED) is 0.455. The Morgan fingerprint density at radius 3 is 2.09 bits per heavy atom. The third kappa shape index (κ3) is 6.16. The van der Waals surface area contributed by atoms with Crippen molar-refractivity contribution in [3.8, 4) is 0 Å². The number of carbonyl (C=O) groups is 1. The average Bonchev–Trinajstić information content (AvgIpc) is 2.83. The van der Waals surface area contributed by atoms with Crippen LogP contribution in [0.2, 0.25) is 0 Å². The molecule has 1 aliphatic heterocycles. The number of halogens is 2. The molecule has 3 aromatic rings. The van der Waals surface area contributed by atoms with Gasteiger partial charge in [0, 0.05) is 25.6 Å². The van der Waals surface area contributed by atoms with Crippen LogP contribution in [0.3, 0.4) is 0 Å². The van der Waals surface area contributed by atoms with Crippen molar-refractivity contribution >= 4 is 18.4 Å². The second kappa shape index (κ2) is 11.8. The van der Waals surface area contributed by atoms with Crippen LogP contribution in [0.1, 0.15) is 33.5 Å². The maximum absolute atomic E-state index is 13.6. The Kier molecular flexibility index (Phi) is 8.80. The molecule has 0 N–H and O–H groups in total. The Morgan fingerprint density at radius 2 is 1.47 bits per heavy atom. The molecule has 0 spiro atoms. The third-order valence-electron chi connectivity index (χ3n) is 5.59. The van der Waals surface area contributed by atoms with Crippen LogP contribution in [-0.2, 0) is 9.47 Å². The summed E-state index contributed by atoms with van der Waals surface area (Å²) >= 11 is 0. The molecular formula is C26H27ClFNO3. The van der Waals surface area contributed by atoms with E-state index >= 15 is 0 Å². The van der Waals surface area contributed by atoms with Gasteiger partial charge < -0.3 is 9.47 Å². The maximum atomic E-state index is 13.6. The zero-order chi connectivity index (χ0) is 21.5. The first-order valence-corrected chi connectivity index (χ1v) is 10.6. The summed E-state index contributed by atoms with van der Waals surface area (Å²) < 4.78 is 25.2. The van der Waals surface area contributed by atoms with Gasteiger partial charge in [0.25, 0.3) is 0 Å². The second-order valence-electron chi connectivity index (χ2n) is 7.67. The highest BCUT2D eigenvalue weighted by atomic mass is 35.5. The molecule has 1 aliphatic rings. The fourth-order valence-electron chi connectivity index (χ4n) is 3.93. The van der Waals surface area contributed by atoms with Gasteiger partial charge >= 0.3 is 5.97 Å². The van der Waals surface area contributed by atoms with E-state index in [9.17, 15) is 9.18 Å². The summed E-state index contributed by atoms with van der Waals surface area (Å²) in [5, 5.41) is 0. The van der Waals surface area contributed by atoms with Crippen LogP contribution in [0.25, 0.3) is 0 Å². The van der Waals surface area contributed by atoms with Crippen LogP contribution in [0.15, 0.2) is 84.9 Å². The van der Waals surface area contributed by atoms with E-state index in [2.05, 4.69) is 17.0 Å². The van der Waals surface area contributed by atoms with Crippen molar-refractivity contribution in [2.45, 2.75) is 12.0 Å². The van der Waals surface area contributed by atoms with Crippen LogP contribution >= 0.6 is 12.4 Å². The number of ether oxygens (including phenoxy) is 2. The van der Waals surface area contributed by atoms with E-state index < -0.39 is 12.1 Å². The maximum Gasteiger partial charge on any atom is 0.338 e. The van der Waals surface area contributed by atoms with Crippen LogP contribution in [0.4, 0.5) is 4.39 Å². The van der Waals surface area contributed by atoms with Gasteiger partial charge in [-0.25, -0.2) is 9.18 Å². The van der Waals surface area contributed by atoms with Crippen LogP contribution in [0.5, 0.6) is 0 Å². The Balaban J connectivity index is 0.00000289. The van der Waals surface area contributed by atoms with Crippen molar-refractivity contribution in [1.82, 2.24) is 4.90 Å². The first kappa shape index (κ1) is 23.9. The first-order valence-electron chi connectivity index (χ1n) is 10.6. The highest BCUT2D eigenvalue weighted by molar-refractivity contribution is 5.89. The van der Waals surface area contributed by atoms with E-state index in [1.165, 1.54) is 12.1 Å². The highest BCUT2D eigenvalue weighted by Gasteiger charge is 2.31. The van der Waals surface area contributed by atoms with E-state index in [0.717, 1.165) is 24.2 Å². The summed E-state index contributed by atoms with van der Waals surface area (Å²) in [7, 11) is 0. The lowest BCUT2D eigenvalue weighted by molar-refractivity contribution is 0.00505. The smallest absolute Gasteiger partial charge is 0.338 e. The molecule has 0 aliphatic carbocycles. The molecule has 0 bridgehead atoms. The molecule has 32 heavy (non-hydrogen) atoms. The Labute approximate surface area is 194 Å². The summed E-state index contributed by atoms with van der Waals surface area (Å²) in [5.74, 6) is -0.823. The van der Waals surface area contributed by atoms with E-state index in [4.69, 9.17) is 9.47 Å². The standard InChI is InChI=1S/C26H26FNO3.ClH/c27-23-13-11-21(12-14-23)25(31-26(29)22-9-5-2-6-10-22)24(20-7-3-1-4-8-20)19-28-15-17-30-18-16-28;/h1-14,24-25H,15-19H2;1H. The van der Waals surface area contributed by atoms with Crippen LogP contribution in [0, 0.1) is 5.82 Å². The SMILES string of the molecule is Cl.O=C(OC(c1ccc(F)cc1)C(CN1CCOCC1)c1ccccc1)c1ccccc1. The number of rotatable bonds is 7. The van der Waals surface area contributed by atoms with Gasteiger partial charge in [0.1, 0.15) is 11.9 Å². The topological polar surface area (TPSA) is 38.8 Å². The largest absolute Gasteiger partial charge is 0.453 e. The van der Waals surface area contributed by atoms with Crippen molar-refractivity contribution < 1.29 is 18.7 Å². The Hall–Kier alpha value is -2.73. The molecule has 1 heterocycles. The minimum absolute atomic E-state index is 0. The number of esters is 1. The zero-order valence-electron chi connectivity index (χ0n) is 17.7. The molecule has 2 unspecified atom stereocenters. The van der Waals surface area contributed by atoms with Gasteiger partial charge in [-0.3, -0.25) is 4.90 Å². The number of benzene rings is 3. The first-order chi connectivity index (χ1) is 15.2. The van der Waals surface area contributed by atoms with Crippen LogP contribution < -0.4 is 0 Å². The summed E-state index contributed by atoms with van der Waals surface area (Å²) in [5.41, 5.74) is 2.34. The fourth-order valence-corrected chi connectivity index (χ4v) is 3.93. The lowest BCUT2D eigenvalue weighted by atomic mass is 9.88. The molecule has 0 radical (unpaired) electrons. The lowest BCUT2D eigenvalue weighted by Gasteiger charge is -2.34. The minimum Gasteiger partial charge on any atom is -0.453 e. The van der Waals surface area contributed by atoms with Gasteiger partial charge in [-0.05, 0) is 35.4 Å². The van der Waals surface area contributed by atoms with Gasteiger partial charge in [-0.2, -0.15) is 0 Å². The molecule has 4 nitrogen and oxygen atoms in total. The molecular weight excluding hydrogens is 429 g/mol. The van der Waals surface area contributed by atoms with E-state index in [0.29, 0.717) is 25.3 Å². The molecule has 1 saturated heterocycles. The number of morpholine rings is 1. The lowest BCUT2D eigenvalue weighted by Crippen LogP contribution is -2.40. The molecule has 0 amide bonds. The Bertz CT molecular complexity index is 963. The van der Waals surface area contributed by atoms with Crippen molar-refractivity contribution in [2.24, 2.45) is 0 Å². The predicted octanol–water partition coefficient (Wildman–Crippen LogP) is 5.26. The Morgan fingerprint density at radius 1 is 0.875 bits per heavy atom. The van der Waals surface area contributed by atoms with Crippen molar-refractivity contribution in [3.63, 3.8) is 0 Å². The summed E-state index contributed by atoms with van der Waals surface area (Å²) in [6.45, 7) is 3.73. The van der Waals surface area contributed by atoms with Crippen molar-refractivity contribution in [3.05, 3.63) is 107 Å². The molecule has 4 rings (SSSR count). The third-order valence-corrected chi connectivity index (χ3v) is 5.59. The van der Waals surface area contributed by atoms with Crippen molar-refractivity contribution in [2.75, 3.05) is 32.8 Å². The van der Waals surface area contributed by atoms with Gasteiger partial charge in [0.05, 0.1) is 18.8 Å². The fraction of sp³-hybridized carbons (Fsp3) is 0.269. The molecule has 0 aromatic heterocycles. The molecule has 168 valence electrons. The molecule has 0 saturated carbocycles. The summed E-state index contributed by atoms with van der Waals surface area (Å²) in [4.78, 5) is 15.3. The van der Waals surface area contributed by atoms with Gasteiger partial charge in [0.2, 0.25) is 0 Å². The summed E-state index contributed by atoms with van der Waals surface area (Å²) in [6, 6.07) is 25.2. The minimum atomic E-state index is -0.557. The van der Waals surface area contributed by atoms with E-state index in [1.807, 2.05) is 36.4 Å². The van der Waals surface area contributed by atoms with E-state index in [1.54, 1.807) is 24.3 Å². The summed E-state index contributed by atoms with van der Waals surface area (Å²) in [6.07, 6.45) is -0.557. The van der Waals surface area contributed by atoms with E-state index in [-0.39, 0.29) is 24.1 Å². The van der Waals surface area contributed by atoms with Crippen LogP contribution in [-0.4, -0.2) is 43.7 Å². The van der Waals surface area contributed by atoms with Gasteiger partial charge in [-0.1, -0.05) is 60.7 Å². The number of hydrogen-bond acceptors (Lipinski definition) is 4. The number of carbonyl (C=O) groups excluding carboxylic acids is 1. The van der Waals surface area contributed by atoms with Crippen molar-refractivity contribution in [1.29, 1.82) is 0 Å². The molecule has 3 aromatic carbocycles. The predicted molar refractivity (Wildman–Crippen MR) is 125 cm³/mol. The monoisotopic (exact) mass is 455 g/mol. The highest BCUT2D eigenvalue weighted by Crippen LogP contribution is 2.36. The van der Waals surface area contributed by atoms with Gasteiger partial charge in [0.15, 0.2) is 0 Å². The second-order valence-corrected chi connectivity index (χ2v) is 7.67. The average molecular weight is 456 g/mol. The molecule has 6 heteroatoms. The molecule has 1 fully saturated rings. The number of nitrogens with zero attached hydrogens (tertiary/aromatic N) is 1. The zero-order valence-corrected chi connectivity index (χ0v) is 18.5.